The topological polar surface area (TPSA) is 24.7 Å². The maximum absolute atomic E-state index is 4.23. The number of fused-ring (bicyclic) bond motifs is 1. The van der Waals surface area contributed by atoms with Gasteiger partial charge >= 0.3 is 83.1 Å². The van der Waals surface area contributed by atoms with Crippen molar-refractivity contribution in [3.8, 4) is 11.7 Å². The van der Waals surface area contributed by atoms with Gasteiger partial charge < -0.3 is 0 Å². The van der Waals surface area contributed by atoms with Crippen LogP contribution in [0.3, 0.4) is 0 Å². The standard InChI is InChI=1S/C10H5B2N2/c1-2-8(10-6-13-12-14-10)7-4-5-11-9(7)3-1/h1-3H,6H2. The number of rotatable bonds is 1. The Morgan fingerprint density at radius 2 is 2.36 bits per heavy atom. The van der Waals surface area contributed by atoms with Gasteiger partial charge in [0.1, 0.15) is 0 Å². The molecule has 0 aromatic heterocycles. The molecule has 4 heteroatoms. The maximum atomic E-state index is 4.23. The molecule has 1 aromatic carbocycles. The summed E-state index contributed by atoms with van der Waals surface area (Å²) in [6.07, 6.45) is 0. The van der Waals surface area contributed by atoms with Gasteiger partial charge in [-0.25, -0.2) is 0 Å². The van der Waals surface area contributed by atoms with Crippen LogP contribution >= 0.6 is 0 Å². The van der Waals surface area contributed by atoms with Crippen LogP contribution in [0.4, 0.5) is 0 Å². The normalized spacial score (nSPS) is 15.0. The molecule has 0 saturated heterocycles. The first kappa shape index (κ1) is 7.75. The molecule has 0 atom stereocenters. The van der Waals surface area contributed by atoms with Crippen molar-refractivity contribution in [2.45, 2.75) is 0 Å². The fourth-order valence-electron chi connectivity index (χ4n) is 1.69. The molecule has 1 radical (unpaired) electrons. The molecule has 2 aliphatic heterocycles. The van der Waals surface area contributed by atoms with E-state index in [1.54, 1.807) is 7.21 Å². The molecule has 0 fully saturated rings. The van der Waals surface area contributed by atoms with E-state index < -0.39 is 0 Å². The number of nitrogens with zero attached hydrogens (tertiary/aromatic N) is 2. The van der Waals surface area contributed by atoms with E-state index in [9.17, 15) is 0 Å². The Morgan fingerprint density at radius 3 is 3.21 bits per heavy atom. The number of hydrogen-bond acceptors (Lipinski definition) is 2. The van der Waals surface area contributed by atoms with Crippen molar-refractivity contribution < 1.29 is 0 Å². The van der Waals surface area contributed by atoms with Gasteiger partial charge in [0.05, 0.1) is 0 Å². The van der Waals surface area contributed by atoms with Gasteiger partial charge in [-0.15, -0.1) is 0 Å². The van der Waals surface area contributed by atoms with Crippen LogP contribution in [0.25, 0.3) is 0 Å². The minimum atomic E-state index is 0.679. The molecule has 1 aromatic rings. The molecular weight excluding hydrogens is 170 g/mol. The van der Waals surface area contributed by atoms with Gasteiger partial charge in [-0.1, -0.05) is 0 Å². The van der Waals surface area contributed by atoms with Crippen molar-refractivity contribution >= 4 is 25.7 Å². The second-order valence-corrected chi connectivity index (χ2v) is 3.22. The summed E-state index contributed by atoms with van der Waals surface area (Å²) in [4.78, 5) is 8.31. The predicted molar refractivity (Wildman–Crippen MR) is 58.3 cm³/mol. The second kappa shape index (κ2) is 2.95. The van der Waals surface area contributed by atoms with Crippen LogP contribution in [0.2, 0.25) is 0 Å². The molecular formula is C10H5B2N2. The Bertz CT molecular complexity index is 521. The Hall–Kier alpha value is -1.62. The summed E-state index contributed by atoms with van der Waals surface area (Å²) >= 11 is 0. The van der Waals surface area contributed by atoms with Gasteiger partial charge in [-0.05, 0) is 0 Å². The van der Waals surface area contributed by atoms with Crippen molar-refractivity contribution in [2.24, 2.45) is 9.80 Å². The molecule has 0 N–H and O–H groups in total. The Balaban J connectivity index is 2.16. The van der Waals surface area contributed by atoms with E-state index in [0.717, 1.165) is 22.3 Å². The molecule has 61 valence electrons. The third-order valence-electron chi connectivity index (χ3n) is 2.37. The van der Waals surface area contributed by atoms with Crippen molar-refractivity contribution in [1.29, 1.82) is 0 Å². The van der Waals surface area contributed by atoms with Gasteiger partial charge in [0.2, 0.25) is 0 Å². The first-order valence-corrected chi connectivity index (χ1v) is 4.48. The zero-order chi connectivity index (χ0) is 9.38. The molecule has 2 aliphatic rings. The zero-order valence-electron chi connectivity index (χ0n) is 7.49. The first-order chi connectivity index (χ1) is 6.95. The molecule has 0 saturated carbocycles. The van der Waals surface area contributed by atoms with Crippen molar-refractivity contribution in [3.63, 3.8) is 0 Å². The average molecular weight is 175 g/mol. The van der Waals surface area contributed by atoms with Crippen LogP contribution < -0.4 is 5.46 Å². The van der Waals surface area contributed by atoms with Gasteiger partial charge in [0.25, 0.3) is 0 Å². The summed E-state index contributed by atoms with van der Waals surface area (Å²) in [6, 6.07) is 6.14. The zero-order valence-corrected chi connectivity index (χ0v) is 7.49. The molecule has 2 nitrogen and oxygen atoms in total. The molecule has 0 aliphatic carbocycles. The van der Waals surface area contributed by atoms with Crippen LogP contribution in [0, 0.1) is 11.7 Å². The van der Waals surface area contributed by atoms with E-state index >= 15 is 0 Å². The van der Waals surface area contributed by atoms with E-state index in [1.807, 2.05) is 13.3 Å². The van der Waals surface area contributed by atoms with Gasteiger partial charge in [0.15, 0.2) is 0 Å². The van der Waals surface area contributed by atoms with Gasteiger partial charge in [0, 0.05) is 0 Å². The molecule has 0 amide bonds. The second-order valence-electron chi connectivity index (χ2n) is 3.22. The monoisotopic (exact) mass is 175 g/mol. The van der Waals surface area contributed by atoms with Crippen molar-refractivity contribution in [1.82, 2.24) is 0 Å². The van der Waals surface area contributed by atoms with Crippen molar-refractivity contribution in [3.05, 3.63) is 29.3 Å². The Morgan fingerprint density at radius 1 is 1.36 bits per heavy atom. The average Bonchev–Trinajstić information content (AvgIpc) is 2.88. The summed E-state index contributed by atoms with van der Waals surface area (Å²) in [5.74, 6) is 6.08. The van der Waals surface area contributed by atoms with Crippen LogP contribution in [0.5, 0.6) is 0 Å². The summed E-state index contributed by atoms with van der Waals surface area (Å²) in [6.45, 7) is 0.679. The van der Waals surface area contributed by atoms with Crippen LogP contribution in [-0.4, -0.2) is 26.7 Å². The quantitative estimate of drug-likeness (QED) is 0.422. The van der Waals surface area contributed by atoms with E-state index in [1.165, 1.54) is 0 Å². The van der Waals surface area contributed by atoms with Crippen molar-refractivity contribution in [2.75, 3.05) is 6.54 Å². The third kappa shape index (κ3) is 1.06. The molecule has 14 heavy (non-hydrogen) atoms. The summed E-state index contributed by atoms with van der Waals surface area (Å²) < 4.78 is 0. The van der Waals surface area contributed by atoms with E-state index in [-0.39, 0.29) is 0 Å². The van der Waals surface area contributed by atoms with Crippen LogP contribution in [-0.2, 0) is 0 Å². The van der Waals surface area contributed by atoms with Gasteiger partial charge in [-0.3, -0.25) is 0 Å². The number of benzene rings is 1. The van der Waals surface area contributed by atoms with Crippen LogP contribution in [0.15, 0.2) is 28.0 Å². The molecule has 2 heterocycles. The molecule has 0 unspecified atom stereocenters. The van der Waals surface area contributed by atoms with Crippen LogP contribution in [0.1, 0.15) is 11.1 Å². The number of hydrogen-bond donors (Lipinski definition) is 0. The SMILES string of the molecule is [B]1C#Cc2c1cccc2C1=NB=NC1. The molecule has 0 bridgehead atoms. The van der Waals surface area contributed by atoms with Gasteiger partial charge in [-0.2, -0.15) is 0 Å². The van der Waals surface area contributed by atoms with E-state index in [0.29, 0.717) is 6.54 Å². The fourth-order valence-corrected chi connectivity index (χ4v) is 1.69. The first-order valence-electron chi connectivity index (χ1n) is 4.48. The Labute approximate surface area is 83.7 Å². The summed E-state index contributed by atoms with van der Waals surface area (Å²) in [5, 5.41) is 0. The molecule has 0 spiro atoms. The third-order valence-corrected chi connectivity index (χ3v) is 2.37. The fraction of sp³-hybridized carbons (Fsp3) is 0.100. The summed E-state index contributed by atoms with van der Waals surface area (Å²) in [5.41, 5.74) is 4.40. The van der Waals surface area contributed by atoms with E-state index in [4.69, 9.17) is 0 Å². The minimum absolute atomic E-state index is 0.679. The Kier molecular flexibility index (Phi) is 1.63. The van der Waals surface area contributed by atoms with E-state index in [2.05, 4.69) is 33.7 Å². The molecule has 3 rings (SSSR count). The summed E-state index contributed by atoms with van der Waals surface area (Å²) in [7, 11) is 3.55. The predicted octanol–water partition coefficient (Wildman–Crippen LogP) is -0.0558.